The van der Waals surface area contributed by atoms with Gasteiger partial charge in [0.1, 0.15) is 4.90 Å². The van der Waals surface area contributed by atoms with Gasteiger partial charge >= 0.3 is 0 Å². The lowest BCUT2D eigenvalue weighted by atomic mass is 10.3. The lowest BCUT2D eigenvalue weighted by Crippen LogP contribution is -2.27. The van der Waals surface area contributed by atoms with Crippen LogP contribution in [0.2, 0.25) is 0 Å². The lowest BCUT2D eigenvalue weighted by Gasteiger charge is -2.09. The Kier molecular flexibility index (Phi) is 3.21. The molecule has 0 bridgehead atoms. The van der Waals surface area contributed by atoms with E-state index in [0.29, 0.717) is 17.5 Å². The van der Waals surface area contributed by atoms with Gasteiger partial charge in [-0.1, -0.05) is 0 Å². The van der Waals surface area contributed by atoms with Gasteiger partial charge in [0.05, 0.1) is 0 Å². The third-order valence-electron chi connectivity index (χ3n) is 3.29. The molecule has 0 radical (unpaired) electrons. The van der Waals surface area contributed by atoms with Crippen molar-refractivity contribution in [1.82, 2.24) is 10.0 Å². The van der Waals surface area contributed by atoms with Crippen molar-refractivity contribution < 1.29 is 8.42 Å². The molecule has 2 aliphatic rings. The molecule has 0 spiro atoms. The molecule has 1 aromatic rings. The van der Waals surface area contributed by atoms with Gasteiger partial charge in [0.2, 0.25) is 10.0 Å². The van der Waals surface area contributed by atoms with E-state index in [1.54, 1.807) is 0 Å². The molecule has 0 atom stereocenters. The molecule has 1 aromatic heterocycles. The number of rotatable bonds is 6. The van der Waals surface area contributed by atoms with E-state index in [9.17, 15) is 8.42 Å². The SMILES string of the molecule is Cc1csc(CNC2CC2)c1S(=O)(=O)NC1CC1. The standard InChI is InChI=1S/C12H18N2O2S2/c1-8-7-17-11(6-13-9-2-3-9)12(8)18(15,16)14-10-4-5-10/h7,9-10,13-14H,2-6H2,1H3. The molecule has 0 unspecified atom stereocenters. The van der Waals surface area contributed by atoms with Crippen molar-refractivity contribution in [2.24, 2.45) is 0 Å². The Bertz CT molecular complexity index is 542. The molecule has 100 valence electrons. The highest BCUT2D eigenvalue weighted by molar-refractivity contribution is 7.89. The zero-order valence-electron chi connectivity index (χ0n) is 10.4. The molecule has 18 heavy (non-hydrogen) atoms. The maximum absolute atomic E-state index is 12.3. The van der Waals surface area contributed by atoms with Gasteiger partial charge in [-0.2, -0.15) is 0 Å². The molecular weight excluding hydrogens is 268 g/mol. The van der Waals surface area contributed by atoms with Crippen molar-refractivity contribution >= 4 is 21.4 Å². The number of sulfonamides is 1. The average molecular weight is 286 g/mol. The van der Waals surface area contributed by atoms with Crippen molar-refractivity contribution in [3.05, 3.63) is 15.8 Å². The molecule has 2 saturated carbocycles. The fourth-order valence-electron chi connectivity index (χ4n) is 1.97. The fourth-order valence-corrected chi connectivity index (χ4v) is 5.04. The summed E-state index contributed by atoms with van der Waals surface area (Å²) < 4.78 is 27.4. The zero-order valence-corrected chi connectivity index (χ0v) is 12.0. The Balaban J connectivity index is 1.81. The summed E-state index contributed by atoms with van der Waals surface area (Å²) in [4.78, 5) is 1.44. The van der Waals surface area contributed by atoms with Crippen LogP contribution in [0.1, 0.15) is 36.1 Å². The summed E-state index contributed by atoms with van der Waals surface area (Å²) in [5.74, 6) is 0. The quantitative estimate of drug-likeness (QED) is 0.837. The molecule has 0 amide bonds. The van der Waals surface area contributed by atoms with Crippen LogP contribution >= 0.6 is 11.3 Å². The van der Waals surface area contributed by atoms with Crippen LogP contribution in [-0.2, 0) is 16.6 Å². The number of thiophene rings is 1. The number of hydrogen-bond acceptors (Lipinski definition) is 4. The molecule has 4 nitrogen and oxygen atoms in total. The first-order chi connectivity index (χ1) is 8.56. The van der Waals surface area contributed by atoms with E-state index in [4.69, 9.17) is 0 Å². The highest BCUT2D eigenvalue weighted by Gasteiger charge is 2.31. The van der Waals surface area contributed by atoms with Gasteiger partial charge in [-0.25, -0.2) is 13.1 Å². The Morgan fingerprint density at radius 1 is 1.28 bits per heavy atom. The summed E-state index contributed by atoms with van der Waals surface area (Å²) in [6.45, 7) is 2.54. The van der Waals surface area contributed by atoms with Crippen molar-refractivity contribution in [1.29, 1.82) is 0 Å². The smallest absolute Gasteiger partial charge is 0.242 e. The van der Waals surface area contributed by atoms with E-state index in [1.807, 2.05) is 12.3 Å². The van der Waals surface area contributed by atoms with Gasteiger partial charge < -0.3 is 5.32 Å². The minimum atomic E-state index is -3.32. The average Bonchev–Trinajstić information content (AvgIpc) is 3.18. The first-order valence-electron chi connectivity index (χ1n) is 6.39. The van der Waals surface area contributed by atoms with Crippen molar-refractivity contribution in [2.45, 2.75) is 56.1 Å². The normalized spacial score (nSPS) is 20.3. The van der Waals surface area contributed by atoms with Crippen LogP contribution in [0.4, 0.5) is 0 Å². The summed E-state index contributed by atoms with van der Waals surface area (Å²) in [7, 11) is -3.32. The van der Waals surface area contributed by atoms with Crippen LogP contribution in [0.25, 0.3) is 0 Å². The highest BCUT2D eigenvalue weighted by atomic mass is 32.2. The summed E-state index contributed by atoms with van der Waals surface area (Å²) in [6.07, 6.45) is 4.37. The highest BCUT2D eigenvalue weighted by Crippen LogP contribution is 2.30. The second kappa shape index (κ2) is 4.59. The minimum absolute atomic E-state index is 0.165. The number of hydrogen-bond donors (Lipinski definition) is 2. The second-order valence-electron chi connectivity index (χ2n) is 5.22. The third kappa shape index (κ3) is 2.77. The van der Waals surface area contributed by atoms with Crippen LogP contribution in [0.5, 0.6) is 0 Å². The molecule has 1 heterocycles. The van der Waals surface area contributed by atoms with Crippen LogP contribution in [-0.4, -0.2) is 20.5 Å². The van der Waals surface area contributed by atoms with Gasteiger partial charge in [0, 0.05) is 23.5 Å². The Labute approximate surface area is 112 Å². The Morgan fingerprint density at radius 3 is 2.56 bits per heavy atom. The molecule has 0 aliphatic heterocycles. The van der Waals surface area contributed by atoms with E-state index in [0.717, 1.165) is 23.3 Å². The molecule has 0 aromatic carbocycles. The summed E-state index contributed by atoms with van der Waals surface area (Å²) in [5.41, 5.74) is 0.862. The summed E-state index contributed by atoms with van der Waals surface area (Å²) in [6, 6.07) is 0.762. The van der Waals surface area contributed by atoms with Gasteiger partial charge in [0.15, 0.2) is 0 Å². The molecule has 3 rings (SSSR count). The van der Waals surface area contributed by atoms with E-state index in [1.165, 1.54) is 24.2 Å². The van der Waals surface area contributed by atoms with E-state index in [-0.39, 0.29) is 6.04 Å². The van der Waals surface area contributed by atoms with Crippen LogP contribution in [0.15, 0.2) is 10.3 Å². The fraction of sp³-hybridized carbons (Fsp3) is 0.667. The summed E-state index contributed by atoms with van der Waals surface area (Å²) in [5, 5.41) is 5.32. The van der Waals surface area contributed by atoms with E-state index < -0.39 is 10.0 Å². The molecule has 6 heteroatoms. The largest absolute Gasteiger partial charge is 0.309 e. The topological polar surface area (TPSA) is 58.2 Å². The molecule has 0 saturated heterocycles. The minimum Gasteiger partial charge on any atom is -0.309 e. The first kappa shape index (κ1) is 12.6. The van der Waals surface area contributed by atoms with E-state index >= 15 is 0 Å². The zero-order chi connectivity index (χ0) is 12.8. The first-order valence-corrected chi connectivity index (χ1v) is 8.75. The van der Waals surface area contributed by atoms with E-state index in [2.05, 4.69) is 10.0 Å². The Morgan fingerprint density at radius 2 is 1.94 bits per heavy atom. The van der Waals surface area contributed by atoms with Crippen LogP contribution in [0.3, 0.4) is 0 Å². The number of nitrogens with one attached hydrogen (secondary N) is 2. The van der Waals surface area contributed by atoms with Crippen molar-refractivity contribution in [2.75, 3.05) is 0 Å². The van der Waals surface area contributed by atoms with Crippen LogP contribution in [0, 0.1) is 6.92 Å². The maximum Gasteiger partial charge on any atom is 0.242 e. The predicted octanol–water partition coefficient (Wildman–Crippen LogP) is 1.75. The maximum atomic E-state index is 12.3. The second-order valence-corrected chi connectivity index (χ2v) is 7.84. The predicted molar refractivity (Wildman–Crippen MR) is 72.3 cm³/mol. The third-order valence-corrected chi connectivity index (χ3v) is 6.27. The monoisotopic (exact) mass is 286 g/mol. The van der Waals surface area contributed by atoms with Crippen LogP contribution < -0.4 is 10.0 Å². The van der Waals surface area contributed by atoms with Gasteiger partial charge in [-0.05, 0) is 43.6 Å². The van der Waals surface area contributed by atoms with Gasteiger partial charge in [-0.15, -0.1) is 11.3 Å². The summed E-state index contributed by atoms with van der Waals surface area (Å²) >= 11 is 1.54. The Hall–Kier alpha value is -0.430. The lowest BCUT2D eigenvalue weighted by molar-refractivity contribution is 0.578. The van der Waals surface area contributed by atoms with Crippen molar-refractivity contribution in [3.63, 3.8) is 0 Å². The molecular formula is C12H18N2O2S2. The van der Waals surface area contributed by atoms with Gasteiger partial charge in [0.25, 0.3) is 0 Å². The molecule has 2 aliphatic carbocycles. The molecule has 2 N–H and O–H groups in total. The van der Waals surface area contributed by atoms with Gasteiger partial charge in [-0.3, -0.25) is 0 Å². The van der Waals surface area contributed by atoms with Crippen molar-refractivity contribution in [3.8, 4) is 0 Å². The molecule has 2 fully saturated rings. The number of aryl methyl sites for hydroxylation is 1.